The Bertz CT molecular complexity index is 2000. The Hall–Kier alpha value is -4.65. The van der Waals surface area contributed by atoms with Crippen molar-refractivity contribution in [2.75, 3.05) is 26.2 Å². The summed E-state index contributed by atoms with van der Waals surface area (Å²) < 4.78 is 161. The Morgan fingerprint density at radius 1 is 0.778 bits per heavy atom. The van der Waals surface area contributed by atoms with Gasteiger partial charge in [0.2, 0.25) is 17.7 Å². The molecule has 0 aliphatic carbocycles. The smallest absolute Gasteiger partial charge is 0.369 e. The standard InChI is InChI=1S/C35H32F9N3O6S/c1-21(48)46-16-13-31(14-17-46,29(45)49)30(50)47-18-15-32(20-47,54(51,52)25-11-9-24(36)10-12-25)22-5-7-23(8-6-22)33(34(39,40)41,35(42,43)44)53-19-26-27(37)3-2-4-28(26)38/h2-12H,13-20H2,1H3,(H2,45,49)/t32-/m0/s1. The molecule has 2 N–H and O–H groups in total. The molecule has 0 bridgehead atoms. The number of sulfone groups is 1. The Kier molecular flexibility index (Phi) is 10.7. The summed E-state index contributed by atoms with van der Waals surface area (Å²) in [4.78, 5) is 40.6. The first-order chi connectivity index (χ1) is 25.0. The van der Waals surface area contributed by atoms with Gasteiger partial charge in [0, 0.05) is 44.2 Å². The molecule has 2 saturated heterocycles. The number of nitrogens with zero attached hydrogens (tertiary/aromatic N) is 2. The number of benzene rings is 3. The van der Waals surface area contributed by atoms with Crippen LogP contribution in [0, 0.1) is 22.9 Å². The number of halogens is 9. The third-order valence-corrected chi connectivity index (χ3v) is 12.7. The van der Waals surface area contributed by atoms with Crippen LogP contribution in [0.4, 0.5) is 39.5 Å². The van der Waals surface area contributed by atoms with E-state index < -0.39 is 103 Å². The fourth-order valence-corrected chi connectivity index (χ4v) is 9.15. The molecule has 292 valence electrons. The van der Waals surface area contributed by atoms with Gasteiger partial charge in [0.15, 0.2) is 9.84 Å². The average Bonchev–Trinajstić information content (AvgIpc) is 3.56. The summed E-state index contributed by atoms with van der Waals surface area (Å²) in [5.74, 6) is -6.06. The lowest BCUT2D eigenvalue weighted by atomic mass is 9.76. The summed E-state index contributed by atoms with van der Waals surface area (Å²) in [5.41, 5.74) is -4.58. The molecule has 3 aromatic rings. The van der Waals surface area contributed by atoms with Crippen LogP contribution in [-0.2, 0) is 45.9 Å². The minimum absolute atomic E-state index is 0.0376. The zero-order valence-electron chi connectivity index (χ0n) is 28.2. The van der Waals surface area contributed by atoms with Crippen LogP contribution >= 0.6 is 0 Å². The first kappa shape index (κ1) is 40.5. The van der Waals surface area contributed by atoms with E-state index in [-0.39, 0.29) is 43.9 Å². The molecule has 2 fully saturated rings. The van der Waals surface area contributed by atoms with E-state index in [2.05, 4.69) is 4.74 Å². The molecule has 3 amide bonds. The van der Waals surface area contributed by atoms with Gasteiger partial charge in [0.25, 0.3) is 5.60 Å². The Balaban J connectivity index is 1.61. The lowest BCUT2D eigenvalue weighted by molar-refractivity contribution is -0.392. The van der Waals surface area contributed by atoms with E-state index in [1.807, 2.05) is 0 Å². The molecule has 19 heteroatoms. The second kappa shape index (κ2) is 14.2. The SMILES string of the molecule is CC(=O)N1CCC(C(N)=O)(C(=O)N2CC[C@](c3ccc(C(OCc4c(F)cccc4F)(C(F)(F)F)C(F)(F)F)cc3)(S(=O)(=O)c3ccc(F)cc3)C2)CC1. The molecule has 2 aliphatic rings. The number of carbonyl (C=O) groups is 3. The molecule has 0 unspecified atom stereocenters. The van der Waals surface area contributed by atoms with E-state index in [1.165, 1.54) is 11.8 Å². The van der Waals surface area contributed by atoms with Crippen LogP contribution in [0.3, 0.4) is 0 Å². The summed E-state index contributed by atoms with van der Waals surface area (Å²) in [5, 5.41) is 0. The van der Waals surface area contributed by atoms with Crippen LogP contribution < -0.4 is 5.73 Å². The van der Waals surface area contributed by atoms with Gasteiger partial charge in [-0.3, -0.25) is 14.4 Å². The van der Waals surface area contributed by atoms with Gasteiger partial charge in [0.05, 0.1) is 11.5 Å². The van der Waals surface area contributed by atoms with Crippen molar-refractivity contribution in [2.45, 2.75) is 60.4 Å². The van der Waals surface area contributed by atoms with Gasteiger partial charge in [-0.1, -0.05) is 30.3 Å². The normalized spacial score (nSPS) is 19.5. The number of piperidine rings is 1. The number of amides is 3. The summed E-state index contributed by atoms with van der Waals surface area (Å²) in [6.45, 7) is -1.75. The first-order valence-corrected chi connectivity index (χ1v) is 17.7. The topological polar surface area (TPSA) is 127 Å². The van der Waals surface area contributed by atoms with Crippen LogP contribution in [0.15, 0.2) is 71.6 Å². The molecule has 0 aromatic heterocycles. The van der Waals surface area contributed by atoms with E-state index >= 15 is 0 Å². The quantitative estimate of drug-likeness (QED) is 0.170. The van der Waals surface area contributed by atoms with Gasteiger partial charge in [-0.25, -0.2) is 21.6 Å². The number of ether oxygens (including phenoxy) is 1. The minimum atomic E-state index is -6.29. The van der Waals surface area contributed by atoms with E-state index in [4.69, 9.17) is 5.73 Å². The molecule has 54 heavy (non-hydrogen) atoms. The van der Waals surface area contributed by atoms with E-state index in [0.29, 0.717) is 36.4 Å². The number of likely N-dealkylation sites (tertiary alicyclic amines) is 2. The zero-order chi connectivity index (χ0) is 40.1. The molecular formula is C35H32F9N3O6S. The van der Waals surface area contributed by atoms with Gasteiger partial charge in [-0.05, 0) is 61.2 Å². The van der Waals surface area contributed by atoms with Crippen LogP contribution in [-0.4, -0.2) is 74.5 Å². The highest BCUT2D eigenvalue weighted by molar-refractivity contribution is 7.92. The summed E-state index contributed by atoms with van der Waals surface area (Å²) >= 11 is 0. The van der Waals surface area contributed by atoms with Gasteiger partial charge in [0.1, 0.15) is 27.6 Å². The van der Waals surface area contributed by atoms with Crippen molar-refractivity contribution < 1.29 is 67.1 Å². The lowest BCUT2D eigenvalue weighted by Gasteiger charge is -2.40. The molecule has 0 saturated carbocycles. The number of hydrogen-bond acceptors (Lipinski definition) is 6. The van der Waals surface area contributed by atoms with Gasteiger partial charge >= 0.3 is 12.4 Å². The van der Waals surface area contributed by atoms with Crippen LogP contribution in [0.5, 0.6) is 0 Å². The Morgan fingerprint density at radius 2 is 1.30 bits per heavy atom. The highest BCUT2D eigenvalue weighted by Gasteiger charge is 2.73. The second-order valence-corrected chi connectivity index (χ2v) is 15.4. The number of alkyl halides is 6. The molecule has 0 spiro atoms. The Morgan fingerprint density at radius 3 is 1.78 bits per heavy atom. The molecule has 2 heterocycles. The fraction of sp³-hybridized carbons (Fsp3) is 0.400. The molecular weight excluding hydrogens is 761 g/mol. The summed E-state index contributed by atoms with van der Waals surface area (Å²) in [7, 11) is -4.78. The van der Waals surface area contributed by atoms with Crippen molar-refractivity contribution >= 4 is 27.6 Å². The third kappa shape index (κ3) is 6.69. The van der Waals surface area contributed by atoms with E-state index in [1.54, 1.807) is 0 Å². The largest absolute Gasteiger partial charge is 0.430 e. The predicted octanol–water partition coefficient (Wildman–Crippen LogP) is 5.66. The number of rotatable bonds is 9. The third-order valence-electron chi connectivity index (χ3n) is 10.2. The van der Waals surface area contributed by atoms with E-state index in [9.17, 15) is 62.3 Å². The van der Waals surface area contributed by atoms with Crippen molar-refractivity contribution in [1.29, 1.82) is 0 Å². The summed E-state index contributed by atoms with van der Waals surface area (Å²) in [6, 6.07) is 7.40. The van der Waals surface area contributed by atoms with Gasteiger partial charge in [-0.15, -0.1) is 0 Å². The Labute approximate surface area is 302 Å². The molecule has 2 aliphatic heterocycles. The highest BCUT2D eigenvalue weighted by atomic mass is 32.2. The van der Waals surface area contributed by atoms with Crippen molar-refractivity contribution in [3.63, 3.8) is 0 Å². The molecule has 3 aromatic carbocycles. The maximum absolute atomic E-state index is 14.6. The van der Waals surface area contributed by atoms with Crippen LogP contribution in [0.1, 0.15) is 42.9 Å². The van der Waals surface area contributed by atoms with Crippen molar-refractivity contribution in [3.8, 4) is 0 Å². The van der Waals surface area contributed by atoms with Gasteiger partial charge < -0.3 is 20.3 Å². The molecule has 0 radical (unpaired) electrons. The first-order valence-electron chi connectivity index (χ1n) is 16.2. The maximum atomic E-state index is 14.6. The maximum Gasteiger partial charge on any atom is 0.430 e. The number of carbonyl (C=O) groups excluding carboxylic acids is 3. The van der Waals surface area contributed by atoms with Gasteiger partial charge in [-0.2, -0.15) is 26.3 Å². The van der Waals surface area contributed by atoms with Crippen molar-refractivity contribution in [2.24, 2.45) is 11.1 Å². The highest BCUT2D eigenvalue weighted by Crippen LogP contribution is 2.54. The molecule has 1 atom stereocenters. The second-order valence-electron chi connectivity index (χ2n) is 13.1. The number of nitrogens with two attached hydrogens (primary N) is 1. The van der Waals surface area contributed by atoms with Crippen LogP contribution in [0.2, 0.25) is 0 Å². The minimum Gasteiger partial charge on any atom is -0.369 e. The van der Waals surface area contributed by atoms with E-state index in [0.717, 1.165) is 35.2 Å². The lowest BCUT2D eigenvalue weighted by Crippen LogP contribution is -2.57. The van der Waals surface area contributed by atoms with Crippen LogP contribution in [0.25, 0.3) is 0 Å². The van der Waals surface area contributed by atoms with Crippen molar-refractivity contribution in [1.82, 2.24) is 9.80 Å². The summed E-state index contributed by atoms with van der Waals surface area (Å²) in [6.07, 6.45) is -13.5. The number of hydrogen-bond donors (Lipinski definition) is 1. The average molecular weight is 794 g/mol. The predicted molar refractivity (Wildman–Crippen MR) is 171 cm³/mol. The fourth-order valence-electron chi connectivity index (χ4n) is 7.07. The monoisotopic (exact) mass is 793 g/mol. The van der Waals surface area contributed by atoms with Crippen molar-refractivity contribution in [3.05, 3.63) is 101 Å². The molecule has 5 rings (SSSR count). The number of primary amides is 1. The zero-order valence-corrected chi connectivity index (χ0v) is 29.1. The molecule has 9 nitrogen and oxygen atoms in total.